The van der Waals surface area contributed by atoms with Crippen LogP contribution in [-0.2, 0) is 11.3 Å². The van der Waals surface area contributed by atoms with Gasteiger partial charge in [0, 0.05) is 12.1 Å². The van der Waals surface area contributed by atoms with Gasteiger partial charge in [0.15, 0.2) is 0 Å². The first-order chi connectivity index (χ1) is 9.63. The molecule has 3 rings (SSSR count). The van der Waals surface area contributed by atoms with Crippen LogP contribution in [0.25, 0.3) is 0 Å². The number of nitrogens with zero attached hydrogens (tertiary/aromatic N) is 2. The molecule has 0 saturated carbocycles. The molecule has 2 aliphatic rings. The van der Waals surface area contributed by atoms with E-state index < -0.39 is 5.97 Å². The highest BCUT2D eigenvalue weighted by atomic mass is 19.1. The monoisotopic (exact) mass is 272 g/mol. The van der Waals surface area contributed by atoms with E-state index in [4.69, 9.17) is 5.11 Å². The lowest BCUT2D eigenvalue weighted by molar-refractivity contribution is -0.132. The fraction of sp³-hybridized carbons (Fsp3) is 0.200. The van der Waals surface area contributed by atoms with E-state index in [1.165, 1.54) is 12.1 Å². The number of hydrogen-bond acceptors (Lipinski definition) is 3. The molecule has 4 nitrogen and oxygen atoms in total. The van der Waals surface area contributed by atoms with Gasteiger partial charge in [-0.05, 0) is 23.8 Å². The Hall–Kier alpha value is -2.43. The highest BCUT2D eigenvalue weighted by Gasteiger charge is 2.30. The second kappa shape index (κ2) is 4.92. The first kappa shape index (κ1) is 12.6. The first-order valence-electron chi connectivity index (χ1n) is 6.32. The van der Waals surface area contributed by atoms with Crippen molar-refractivity contribution < 1.29 is 14.3 Å². The molecule has 0 bridgehead atoms. The fourth-order valence-corrected chi connectivity index (χ4v) is 2.41. The summed E-state index contributed by atoms with van der Waals surface area (Å²) in [5, 5.41) is 15.2. The van der Waals surface area contributed by atoms with Crippen LogP contribution in [0.2, 0.25) is 0 Å². The van der Waals surface area contributed by atoms with Gasteiger partial charge in [-0.3, -0.25) is 5.01 Å². The number of carboxylic acid groups (broad SMARTS) is 1. The molecule has 20 heavy (non-hydrogen) atoms. The number of halogens is 1. The maximum Gasteiger partial charge on any atom is 0.335 e. The van der Waals surface area contributed by atoms with Gasteiger partial charge >= 0.3 is 5.97 Å². The van der Waals surface area contributed by atoms with Gasteiger partial charge < -0.3 is 5.11 Å². The Morgan fingerprint density at radius 3 is 2.80 bits per heavy atom. The summed E-state index contributed by atoms with van der Waals surface area (Å²) in [5.74, 6) is -1.11. The minimum Gasteiger partial charge on any atom is -0.478 e. The van der Waals surface area contributed by atoms with E-state index in [0.717, 1.165) is 5.56 Å². The van der Waals surface area contributed by atoms with Crippen molar-refractivity contribution in [2.45, 2.75) is 12.6 Å². The molecule has 1 aromatic carbocycles. The van der Waals surface area contributed by atoms with Crippen LogP contribution in [0.3, 0.4) is 0 Å². The minimum absolute atomic E-state index is 0.0869. The number of fused-ring (bicyclic) bond motifs is 1. The quantitative estimate of drug-likeness (QED) is 0.917. The molecular formula is C15H13FN2O2. The summed E-state index contributed by atoms with van der Waals surface area (Å²) < 4.78 is 12.9. The lowest BCUT2D eigenvalue weighted by Gasteiger charge is -2.26. The molecule has 0 amide bonds. The van der Waals surface area contributed by atoms with Crippen LogP contribution in [0.5, 0.6) is 0 Å². The van der Waals surface area contributed by atoms with E-state index in [2.05, 4.69) is 5.10 Å². The average molecular weight is 272 g/mol. The summed E-state index contributed by atoms with van der Waals surface area (Å²) in [4.78, 5) is 11.0. The van der Waals surface area contributed by atoms with Gasteiger partial charge in [-0.1, -0.05) is 24.3 Å². The summed E-state index contributed by atoms with van der Waals surface area (Å²) in [6, 6.07) is 6.14. The lowest BCUT2D eigenvalue weighted by Crippen LogP contribution is -2.31. The van der Waals surface area contributed by atoms with Crippen LogP contribution < -0.4 is 0 Å². The molecule has 2 unspecified atom stereocenters. The van der Waals surface area contributed by atoms with Crippen LogP contribution in [-0.4, -0.2) is 28.3 Å². The van der Waals surface area contributed by atoms with Crippen LogP contribution in [0.15, 0.2) is 53.2 Å². The number of hydrogen-bond donors (Lipinski definition) is 1. The summed E-state index contributed by atoms with van der Waals surface area (Å²) in [5.41, 5.74) is 1.21. The highest BCUT2D eigenvalue weighted by molar-refractivity contribution is 5.91. The largest absolute Gasteiger partial charge is 0.478 e. The molecule has 1 aliphatic carbocycles. The van der Waals surface area contributed by atoms with Gasteiger partial charge in [0.2, 0.25) is 0 Å². The number of carboxylic acids is 1. The third-order valence-corrected chi connectivity index (χ3v) is 3.48. The number of rotatable bonds is 3. The number of hydrazone groups is 1. The average Bonchev–Trinajstić information content (AvgIpc) is 2.84. The van der Waals surface area contributed by atoms with Gasteiger partial charge in [0.1, 0.15) is 5.82 Å². The molecule has 1 heterocycles. The zero-order valence-electron chi connectivity index (χ0n) is 10.6. The van der Waals surface area contributed by atoms with Crippen molar-refractivity contribution in [3.8, 4) is 0 Å². The molecule has 0 spiro atoms. The molecule has 2 atom stereocenters. The zero-order chi connectivity index (χ0) is 14.1. The SMILES string of the molecule is O=C(O)C1=CC2C(C=C1)C=NN2Cc1ccc(F)cc1. The van der Waals surface area contributed by atoms with Crippen molar-refractivity contribution in [1.29, 1.82) is 0 Å². The molecular weight excluding hydrogens is 259 g/mol. The Bertz CT molecular complexity index is 619. The smallest absolute Gasteiger partial charge is 0.335 e. The highest BCUT2D eigenvalue weighted by Crippen LogP contribution is 2.27. The van der Waals surface area contributed by atoms with E-state index in [1.54, 1.807) is 30.5 Å². The summed E-state index contributed by atoms with van der Waals surface area (Å²) in [7, 11) is 0. The Morgan fingerprint density at radius 1 is 1.35 bits per heavy atom. The number of aliphatic carboxylic acids is 1. The zero-order valence-corrected chi connectivity index (χ0v) is 10.6. The van der Waals surface area contributed by atoms with E-state index in [0.29, 0.717) is 6.54 Å². The summed E-state index contributed by atoms with van der Waals surface area (Å²) >= 11 is 0. The third kappa shape index (κ3) is 2.34. The molecule has 0 fully saturated rings. The molecule has 5 heteroatoms. The van der Waals surface area contributed by atoms with Crippen molar-refractivity contribution in [1.82, 2.24) is 5.01 Å². The predicted molar refractivity (Wildman–Crippen MR) is 72.6 cm³/mol. The maximum atomic E-state index is 12.9. The van der Waals surface area contributed by atoms with E-state index >= 15 is 0 Å². The molecule has 0 aromatic heterocycles. The maximum absolute atomic E-state index is 12.9. The fourth-order valence-electron chi connectivity index (χ4n) is 2.41. The Morgan fingerprint density at radius 2 is 2.10 bits per heavy atom. The van der Waals surface area contributed by atoms with E-state index in [1.807, 2.05) is 11.1 Å². The molecule has 1 aromatic rings. The minimum atomic E-state index is -0.937. The van der Waals surface area contributed by atoms with Crippen LogP contribution in [0, 0.1) is 11.7 Å². The summed E-state index contributed by atoms with van der Waals surface area (Å²) in [6.45, 7) is 0.523. The first-order valence-corrected chi connectivity index (χ1v) is 6.32. The topological polar surface area (TPSA) is 52.9 Å². The van der Waals surface area contributed by atoms with Crippen molar-refractivity contribution in [3.05, 3.63) is 59.4 Å². The van der Waals surface area contributed by atoms with Crippen molar-refractivity contribution in [2.24, 2.45) is 11.0 Å². The molecule has 1 N–H and O–H groups in total. The summed E-state index contributed by atoms with van der Waals surface area (Å²) in [6.07, 6.45) is 6.97. The van der Waals surface area contributed by atoms with Crippen LogP contribution in [0.4, 0.5) is 4.39 Å². The third-order valence-electron chi connectivity index (χ3n) is 3.48. The Balaban J connectivity index is 1.78. The van der Waals surface area contributed by atoms with Gasteiger partial charge in [0.05, 0.1) is 18.2 Å². The molecule has 0 saturated heterocycles. The molecule has 1 aliphatic heterocycles. The molecule has 0 radical (unpaired) electrons. The van der Waals surface area contributed by atoms with Crippen molar-refractivity contribution in [3.63, 3.8) is 0 Å². The molecule has 102 valence electrons. The van der Waals surface area contributed by atoms with Crippen LogP contribution >= 0.6 is 0 Å². The predicted octanol–water partition coefficient (Wildman–Crippen LogP) is 2.19. The standard InChI is InChI=1S/C15H13FN2O2/c16-13-5-1-10(2-6-13)9-18-14-7-11(15(19)20)3-4-12(14)8-17-18/h1-8,12,14H,9H2,(H,19,20). The Labute approximate surface area is 115 Å². The van der Waals surface area contributed by atoms with Gasteiger partial charge in [-0.15, -0.1) is 0 Å². The van der Waals surface area contributed by atoms with Gasteiger partial charge in [0.25, 0.3) is 0 Å². The number of benzene rings is 1. The van der Waals surface area contributed by atoms with E-state index in [9.17, 15) is 9.18 Å². The Kier molecular flexibility index (Phi) is 3.10. The second-order valence-corrected chi connectivity index (χ2v) is 4.84. The van der Waals surface area contributed by atoms with Gasteiger partial charge in [-0.25, -0.2) is 9.18 Å². The van der Waals surface area contributed by atoms with Crippen molar-refractivity contribution >= 4 is 12.2 Å². The van der Waals surface area contributed by atoms with Gasteiger partial charge in [-0.2, -0.15) is 5.10 Å². The normalized spacial score (nSPS) is 23.6. The lowest BCUT2D eigenvalue weighted by atomic mass is 9.93. The number of carbonyl (C=O) groups is 1. The second-order valence-electron chi connectivity index (χ2n) is 4.84. The van der Waals surface area contributed by atoms with Crippen molar-refractivity contribution in [2.75, 3.05) is 0 Å². The van der Waals surface area contributed by atoms with Crippen LogP contribution in [0.1, 0.15) is 5.56 Å². The van der Waals surface area contributed by atoms with E-state index in [-0.39, 0.29) is 23.4 Å².